The fourth-order valence-corrected chi connectivity index (χ4v) is 8.99. The summed E-state index contributed by atoms with van der Waals surface area (Å²) in [6.07, 6.45) is 0.915. The number of fused-ring (bicyclic) bond motifs is 2. The molecule has 0 saturated heterocycles. The van der Waals surface area contributed by atoms with Crippen LogP contribution >= 0.6 is 0 Å². The van der Waals surface area contributed by atoms with Gasteiger partial charge in [-0.1, -0.05) is 97.1 Å². The van der Waals surface area contributed by atoms with Crippen LogP contribution in [-0.2, 0) is 23.9 Å². The van der Waals surface area contributed by atoms with Crippen LogP contribution in [0.1, 0.15) is 94.9 Å². The van der Waals surface area contributed by atoms with E-state index in [1.165, 1.54) is 43.2 Å². The lowest BCUT2D eigenvalue weighted by atomic mass is 9.55. The van der Waals surface area contributed by atoms with E-state index >= 15 is 0 Å². The second-order valence-corrected chi connectivity index (χ2v) is 13.0. The zero-order valence-corrected chi connectivity index (χ0v) is 26.4. The lowest BCUT2D eigenvalue weighted by molar-refractivity contribution is -0.152. The molecule has 6 aliphatic rings. The highest BCUT2D eigenvalue weighted by Gasteiger charge is 2.59. The Morgan fingerprint density at radius 2 is 0.872 bits per heavy atom. The van der Waals surface area contributed by atoms with Crippen molar-refractivity contribution in [1.29, 1.82) is 0 Å². The van der Waals surface area contributed by atoms with E-state index in [4.69, 9.17) is 4.74 Å². The van der Waals surface area contributed by atoms with E-state index in [9.17, 15) is 24.3 Å². The first-order valence-corrected chi connectivity index (χ1v) is 15.9. The number of esters is 1. The molecule has 0 aliphatic heterocycles. The minimum atomic E-state index is -1.28. The number of methoxy groups -OCH3 is 1. The quantitative estimate of drug-likeness (QED) is 0.262. The monoisotopic (exact) mass is 628 g/mol. The van der Waals surface area contributed by atoms with Crippen LogP contribution in [-0.4, -0.2) is 47.0 Å². The van der Waals surface area contributed by atoms with Crippen LogP contribution in [0.2, 0.25) is 0 Å². The number of benzene rings is 4. The van der Waals surface area contributed by atoms with Gasteiger partial charge in [-0.3, -0.25) is 9.59 Å². The Kier molecular flexibility index (Phi) is 7.27. The van der Waals surface area contributed by atoms with E-state index in [2.05, 4.69) is 47.0 Å². The number of carbonyl (C=O) groups is 4. The van der Waals surface area contributed by atoms with Crippen LogP contribution in [0, 0.1) is 0 Å². The van der Waals surface area contributed by atoms with Crippen molar-refractivity contribution in [3.05, 3.63) is 142 Å². The van der Waals surface area contributed by atoms with Gasteiger partial charge in [0.25, 0.3) is 0 Å². The van der Waals surface area contributed by atoms with Crippen molar-refractivity contribution >= 4 is 23.8 Å². The molecule has 4 bridgehead atoms. The second-order valence-electron chi connectivity index (χ2n) is 13.0. The molecule has 0 spiro atoms. The first-order valence-electron chi connectivity index (χ1n) is 15.9. The van der Waals surface area contributed by atoms with Crippen molar-refractivity contribution in [2.24, 2.45) is 0 Å². The number of aliphatic carboxylic acids is 1. The first kappa shape index (κ1) is 30.4. The van der Waals surface area contributed by atoms with Gasteiger partial charge in [0, 0.05) is 37.5 Å². The van der Waals surface area contributed by atoms with E-state index < -0.39 is 17.0 Å². The van der Waals surface area contributed by atoms with Crippen LogP contribution in [0.5, 0.6) is 0 Å². The van der Waals surface area contributed by atoms with Crippen molar-refractivity contribution in [2.75, 3.05) is 7.11 Å². The molecule has 8 nitrogen and oxygen atoms in total. The van der Waals surface area contributed by atoms with Crippen molar-refractivity contribution in [3.63, 3.8) is 0 Å². The van der Waals surface area contributed by atoms with E-state index in [0.29, 0.717) is 12.8 Å². The average Bonchev–Trinajstić information content (AvgIpc) is 3.07. The Balaban J connectivity index is 0.000000150. The van der Waals surface area contributed by atoms with Gasteiger partial charge in [0.2, 0.25) is 11.8 Å². The molecule has 2 unspecified atom stereocenters. The van der Waals surface area contributed by atoms with Crippen molar-refractivity contribution in [3.8, 4) is 0 Å². The number of carboxylic acid groups (broad SMARTS) is 1. The van der Waals surface area contributed by atoms with Crippen molar-refractivity contribution in [1.82, 2.24) is 10.6 Å². The summed E-state index contributed by atoms with van der Waals surface area (Å²) < 4.78 is 5.12. The third-order valence-corrected chi connectivity index (χ3v) is 10.5. The SMILES string of the molecule is CC(=O)NC1(C(=O)O)CC2c3ccccc3C1c1ccccc12.COC(=O)C1(NC(C)=O)CC2c3ccccc3C1c1ccccc12. The molecular weight excluding hydrogens is 592 g/mol. The molecule has 4 aromatic rings. The van der Waals surface area contributed by atoms with Gasteiger partial charge in [0.1, 0.15) is 11.1 Å². The smallest absolute Gasteiger partial charge is 0.332 e. The normalized spacial score (nSPS) is 26.6. The van der Waals surface area contributed by atoms with E-state index in [0.717, 1.165) is 22.3 Å². The number of nitrogens with one attached hydrogen (secondary N) is 2. The fraction of sp³-hybridized carbons (Fsp3) is 0.282. The average molecular weight is 629 g/mol. The van der Waals surface area contributed by atoms with Gasteiger partial charge in [-0.2, -0.15) is 0 Å². The number of carboxylic acids is 1. The summed E-state index contributed by atoms with van der Waals surface area (Å²) in [4.78, 5) is 48.7. The minimum Gasteiger partial charge on any atom is -0.479 e. The van der Waals surface area contributed by atoms with Gasteiger partial charge in [-0.15, -0.1) is 0 Å². The predicted molar refractivity (Wildman–Crippen MR) is 175 cm³/mol. The van der Waals surface area contributed by atoms with Gasteiger partial charge in [-0.25, -0.2) is 9.59 Å². The summed E-state index contributed by atoms with van der Waals surface area (Å²) in [5.74, 6) is -2.39. The molecule has 0 heterocycles. The van der Waals surface area contributed by atoms with E-state index in [1.807, 2.05) is 60.7 Å². The molecule has 4 aromatic carbocycles. The highest BCUT2D eigenvalue weighted by Crippen LogP contribution is 2.58. The Morgan fingerprint density at radius 1 is 0.574 bits per heavy atom. The lowest BCUT2D eigenvalue weighted by Gasteiger charge is -2.51. The molecule has 6 aliphatic carbocycles. The van der Waals surface area contributed by atoms with Gasteiger partial charge >= 0.3 is 11.9 Å². The maximum Gasteiger partial charge on any atom is 0.332 e. The highest BCUT2D eigenvalue weighted by atomic mass is 16.5. The zero-order valence-electron chi connectivity index (χ0n) is 26.4. The number of carbonyl (C=O) groups excluding carboxylic acids is 3. The molecule has 2 amide bonds. The highest BCUT2D eigenvalue weighted by molar-refractivity contribution is 5.91. The van der Waals surface area contributed by atoms with Crippen LogP contribution in [0.25, 0.3) is 0 Å². The van der Waals surface area contributed by atoms with E-state index in [-0.39, 0.29) is 41.5 Å². The summed E-state index contributed by atoms with van der Waals surface area (Å²) in [7, 11) is 1.38. The largest absolute Gasteiger partial charge is 0.479 e. The van der Waals surface area contributed by atoms with Gasteiger partial charge in [0.05, 0.1) is 7.11 Å². The molecule has 0 fully saturated rings. The van der Waals surface area contributed by atoms with Gasteiger partial charge < -0.3 is 20.5 Å². The molecular formula is C39H36N2O6. The molecule has 10 rings (SSSR count). The van der Waals surface area contributed by atoms with Crippen molar-refractivity contribution in [2.45, 2.75) is 61.4 Å². The van der Waals surface area contributed by atoms with Gasteiger partial charge in [0.15, 0.2) is 0 Å². The zero-order chi connectivity index (χ0) is 33.1. The van der Waals surface area contributed by atoms with Crippen LogP contribution < -0.4 is 10.6 Å². The Labute approximate surface area is 273 Å². The summed E-state index contributed by atoms with van der Waals surface area (Å²) in [5, 5.41) is 15.7. The van der Waals surface area contributed by atoms with Gasteiger partial charge in [-0.05, 0) is 57.3 Å². The third kappa shape index (κ3) is 4.49. The Hall–Kier alpha value is -5.24. The fourth-order valence-electron chi connectivity index (χ4n) is 8.99. The molecule has 2 atom stereocenters. The molecule has 0 saturated carbocycles. The number of hydrogen-bond donors (Lipinski definition) is 3. The number of hydrogen-bond acceptors (Lipinski definition) is 5. The molecule has 47 heavy (non-hydrogen) atoms. The maximum atomic E-state index is 12.8. The minimum absolute atomic E-state index is 0.00431. The summed E-state index contributed by atoms with van der Waals surface area (Å²) in [6, 6.07) is 32.3. The van der Waals surface area contributed by atoms with Crippen LogP contribution in [0.4, 0.5) is 0 Å². The predicted octanol–water partition coefficient (Wildman–Crippen LogP) is 5.34. The molecule has 0 aromatic heterocycles. The molecule has 238 valence electrons. The van der Waals surface area contributed by atoms with Crippen LogP contribution in [0.3, 0.4) is 0 Å². The second kappa shape index (κ2) is 11.2. The summed E-state index contributed by atoms with van der Waals surface area (Å²) >= 11 is 0. The lowest BCUT2D eigenvalue weighted by Crippen LogP contribution is -2.63. The van der Waals surface area contributed by atoms with Crippen LogP contribution in [0.15, 0.2) is 97.1 Å². The Bertz CT molecular complexity index is 1860. The summed E-state index contributed by atoms with van der Waals surface area (Å²) in [5.41, 5.74) is 6.75. The number of ether oxygens (including phenoxy) is 1. The number of amides is 2. The third-order valence-electron chi connectivity index (χ3n) is 10.5. The molecule has 3 N–H and O–H groups in total. The Morgan fingerprint density at radius 3 is 1.19 bits per heavy atom. The van der Waals surface area contributed by atoms with E-state index in [1.54, 1.807) is 0 Å². The first-order chi connectivity index (χ1) is 22.6. The molecule has 8 heteroatoms. The maximum absolute atomic E-state index is 12.8. The van der Waals surface area contributed by atoms with Crippen molar-refractivity contribution < 1.29 is 29.0 Å². The molecule has 0 radical (unpaired) electrons. The standard InChI is InChI=1S/C20H19NO3.C19H17NO3/c1-12(22)21-20(19(23)24-2)11-17-13-7-3-5-9-15(13)18(20)16-10-6-4-8-14(16)17;1-11(21)20-19(18(22)23)10-16-12-6-2-4-8-14(12)17(19)15-9-5-3-7-13(15)16/h3-10,17-18H,11H2,1-2H3,(H,21,22);2-9,16-17H,10H2,1H3,(H,20,21)(H,22,23). The summed E-state index contributed by atoms with van der Waals surface area (Å²) in [6.45, 7) is 2.83. The topological polar surface area (TPSA) is 122 Å². The number of rotatable bonds is 4.